The molecule has 3 rings (SSSR count). The van der Waals surface area contributed by atoms with E-state index < -0.39 is 22.0 Å². The monoisotopic (exact) mass is 474 g/mol. The van der Waals surface area contributed by atoms with Crippen molar-refractivity contribution < 1.29 is 22.7 Å². The van der Waals surface area contributed by atoms with Crippen LogP contribution in [0.3, 0.4) is 0 Å². The number of nitrogens with one attached hydrogen (secondary N) is 1. The number of methoxy groups -OCH3 is 1. The molecule has 0 aliphatic heterocycles. The number of hydrogen-bond donors (Lipinski definition) is 1. The van der Waals surface area contributed by atoms with Gasteiger partial charge in [0.15, 0.2) is 5.75 Å². The molecule has 1 atom stereocenters. The van der Waals surface area contributed by atoms with Crippen LogP contribution >= 0.6 is 11.6 Å². The highest BCUT2D eigenvalue weighted by Gasteiger charge is 2.31. The van der Waals surface area contributed by atoms with Crippen LogP contribution in [0.1, 0.15) is 11.6 Å². The average Bonchev–Trinajstić information content (AvgIpc) is 2.76. The zero-order chi connectivity index (χ0) is 23.3. The van der Waals surface area contributed by atoms with Crippen molar-refractivity contribution in [1.29, 1.82) is 0 Å². The number of amides is 1. The van der Waals surface area contributed by atoms with Crippen LogP contribution in [0.4, 0.5) is 5.69 Å². The first kappa shape index (κ1) is 23.6. The van der Waals surface area contributed by atoms with Gasteiger partial charge in [0.1, 0.15) is 17.5 Å². The topological polar surface area (TPSA) is 84.9 Å². The van der Waals surface area contributed by atoms with E-state index in [2.05, 4.69) is 5.32 Å². The van der Waals surface area contributed by atoms with Gasteiger partial charge in [-0.1, -0.05) is 41.9 Å². The van der Waals surface area contributed by atoms with Gasteiger partial charge in [0.25, 0.3) is 0 Å². The summed E-state index contributed by atoms with van der Waals surface area (Å²) in [5.41, 5.74) is 0.832. The fourth-order valence-electron chi connectivity index (χ4n) is 3.01. The molecule has 9 heteroatoms. The number of halogens is 1. The maximum atomic E-state index is 13.3. The van der Waals surface area contributed by atoms with E-state index in [0.29, 0.717) is 33.5 Å². The molecule has 0 aliphatic rings. The molecule has 3 aromatic carbocycles. The Morgan fingerprint density at radius 3 is 2.22 bits per heavy atom. The third-order valence-corrected chi connectivity index (χ3v) is 6.23. The summed E-state index contributed by atoms with van der Waals surface area (Å²) in [5.74, 6) is 1.00. The summed E-state index contributed by atoms with van der Waals surface area (Å²) in [6.45, 7) is 0. The Bertz CT molecular complexity index is 1180. The molecular formula is C23H23ClN2O5S. The van der Waals surface area contributed by atoms with Crippen molar-refractivity contribution in [2.75, 3.05) is 25.7 Å². The number of ether oxygens (including phenoxy) is 2. The van der Waals surface area contributed by atoms with E-state index in [1.165, 1.54) is 7.05 Å². The van der Waals surface area contributed by atoms with Crippen molar-refractivity contribution in [2.45, 2.75) is 6.04 Å². The number of carbonyl (C=O) groups excluding carboxylic acids is 1. The molecule has 0 saturated heterocycles. The van der Waals surface area contributed by atoms with Crippen molar-refractivity contribution in [3.63, 3.8) is 0 Å². The summed E-state index contributed by atoms with van der Waals surface area (Å²) < 4.78 is 36.5. The van der Waals surface area contributed by atoms with E-state index in [4.69, 9.17) is 21.1 Å². The number of carbonyl (C=O) groups is 1. The molecule has 0 spiro atoms. The van der Waals surface area contributed by atoms with E-state index in [9.17, 15) is 13.2 Å². The van der Waals surface area contributed by atoms with Gasteiger partial charge < -0.3 is 14.8 Å². The molecule has 7 nitrogen and oxygen atoms in total. The first-order chi connectivity index (χ1) is 15.2. The molecule has 1 N–H and O–H groups in total. The van der Waals surface area contributed by atoms with Crippen LogP contribution in [0.5, 0.6) is 17.2 Å². The van der Waals surface area contributed by atoms with E-state index in [1.807, 2.05) is 0 Å². The van der Waals surface area contributed by atoms with Gasteiger partial charge in [0.2, 0.25) is 15.9 Å². The van der Waals surface area contributed by atoms with Crippen molar-refractivity contribution in [2.24, 2.45) is 0 Å². The molecule has 3 aromatic rings. The van der Waals surface area contributed by atoms with Crippen molar-refractivity contribution in [3.05, 3.63) is 83.4 Å². The summed E-state index contributed by atoms with van der Waals surface area (Å²) >= 11 is 6.14. The van der Waals surface area contributed by atoms with Gasteiger partial charge in [0, 0.05) is 12.1 Å². The Labute approximate surface area is 192 Å². The molecule has 1 unspecified atom stereocenters. The second kappa shape index (κ2) is 10.0. The van der Waals surface area contributed by atoms with E-state index >= 15 is 0 Å². The maximum Gasteiger partial charge on any atom is 0.247 e. The fraction of sp³-hybridized carbons (Fsp3) is 0.174. The highest BCUT2D eigenvalue weighted by molar-refractivity contribution is 7.88. The van der Waals surface area contributed by atoms with E-state index in [1.54, 1.807) is 79.9 Å². The van der Waals surface area contributed by atoms with Gasteiger partial charge in [-0.3, -0.25) is 4.79 Å². The van der Waals surface area contributed by atoms with Gasteiger partial charge in [-0.15, -0.1) is 0 Å². The molecule has 0 saturated carbocycles. The van der Waals surface area contributed by atoms with Crippen LogP contribution in [-0.2, 0) is 14.8 Å². The molecule has 0 heterocycles. The molecule has 0 fully saturated rings. The van der Waals surface area contributed by atoms with Gasteiger partial charge in [-0.05, 0) is 48.0 Å². The summed E-state index contributed by atoms with van der Waals surface area (Å²) in [5, 5.41) is 3.15. The lowest BCUT2D eigenvalue weighted by molar-refractivity contribution is -0.119. The van der Waals surface area contributed by atoms with Gasteiger partial charge in [-0.25, -0.2) is 8.42 Å². The van der Waals surface area contributed by atoms with Crippen molar-refractivity contribution in [3.8, 4) is 17.2 Å². The van der Waals surface area contributed by atoms with Crippen molar-refractivity contribution >= 4 is 33.2 Å². The zero-order valence-electron chi connectivity index (χ0n) is 17.8. The second-order valence-corrected chi connectivity index (χ2v) is 9.48. The molecule has 1 amide bonds. The minimum atomic E-state index is -3.66. The highest BCUT2D eigenvalue weighted by atomic mass is 35.5. The van der Waals surface area contributed by atoms with Crippen molar-refractivity contribution in [1.82, 2.24) is 4.31 Å². The molecule has 0 bridgehead atoms. The Morgan fingerprint density at radius 2 is 1.62 bits per heavy atom. The van der Waals surface area contributed by atoms with Crippen LogP contribution in [0.15, 0.2) is 72.8 Å². The number of sulfonamides is 1. The Kier molecular flexibility index (Phi) is 7.40. The number of hydrogen-bond acceptors (Lipinski definition) is 5. The van der Waals surface area contributed by atoms with E-state index in [-0.39, 0.29) is 0 Å². The zero-order valence-corrected chi connectivity index (χ0v) is 19.4. The summed E-state index contributed by atoms with van der Waals surface area (Å²) in [7, 11) is -0.728. The summed E-state index contributed by atoms with van der Waals surface area (Å²) in [4.78, 5) is 13.3. The SMILES string of the molecule is COc1ccc(Oc2ccc(Cl)cc2NC(=O)C(c2ccccc2)N(C)S(C)(=O)=O)cc1. The molecule has 0 aliphatic carbocycles. The standard InChI is InChI=1S/C23H23ClN2O5S/c1-26(32(3,28)29)22(16-7-5-4-6-8-16)23(27)25-20-15-17(24)9-14-21(20)31-19-12-10-18(30-2)11-13-19/h4-15,22H,1-3H3,(H,25,27). The number of likely N-dealkylation sites (N-methyl/N-ethyl adjacent to an activating group) is 1. The maximum absolute atomic E-state index is 13.3. The second-order valence-electron chi connectivity index (χ2n) is 7.00. The predicted octanol–water partition coefficient (Wildman–Crippen LogP) is 4.71. The summed E-state index contributed by atoms with van der Waals surface area (Å²) in [6.07, 6.45) is 1.05. The number of benzene rings is 3. The Balaban J connectivity index is 1.93. The molecular weight excluding hydrogens is 452 g/mol. The largest absolute Gasteiger partial charge is 0.497 e. The minimum absolute atomic E-state index is 0.307. The number of rotatable bonds is 8. The Morgan fingerprint density at radius 1 is 1.00 bits per heavy atom. The van der Waals surface area contributed by atoms with Crippen LogP contribution in [0.2, 0.25) is 5.02 Å². The van der Waals surface area contributed by atoms with Gasteiger partial charge >= 0.3 is 0 Å². The lowest BCUT2D eigenvalue weighted by atomic mass is 10.1. The third-order valence-electron chi connectivity index (χ3n) is 4.74. The Hall–Kier alpha value is -3.07. The predicted molar refractivity (Wildman–Crippen MR) is 125 cm³/mol. The lowest BCUT2D eigenvalue weighted by Crippen LogP contribution is -2.38. The molecule has 32 heavy (non-hydrogen) atoms. The normalized spacial score (nSPS) is 12.3. The molecule has 0 aromatic heterocycles. The number of anilines is 1. The van der Waals surface area contributed by atoms with Gasteiger partial charge in [-0.2, -0.15) is 4.31 Å². The smallest absolute Gasteiger partial charge is 0.247 e. The van der Waals surface area contributed by atoms with Crippen LogP contribution in [0, 0.1) is 0 Å². The quantitative estimate of drug-likeness (QED) is 0.511. The van der Waals surface area contributed by atoms with Crippen LogP contribution in [0.25, 0.3) is 0 Å². The summed E-state index contributed by atoms with van der Waals surface area (Å²) in [6, 6.07) is 19.3. The van der Waals surface area contributed by atoms with Crippen LogP contribution in [-0.4, -0.2) is 39.0 Å². The average molecular weight is 475 g/mol. The lowest BCUT2D eigenvalue weighted by Gasteiger charge is -2.26. The highest BCUT2D eigenvalue weighted by Crippen LogP contribution is 2.34. The first-order valence-corrected chi connectivity index (χ1v) is 11.8. The molecule has 0 radical (unpaired) electrons. The first-order valence-electron chi connectivity index (χ1n) is 9.59. The fourth-order valence-corrected chi connectivity index (χ4v) is 3.79. The van der Waals surface area contributed by atoms with Gasteiger partial charge in [0.05, 0.1) is 19.1 Å². The van der Waals surface area contributed by atoms with Crippen LogP contribution < -0.4 is 14.8 Å². The number of nitrogens with zero attached hydrogens (tertiary/aromatic N) is 1. The third kappa shape index (κ3) is 5.79. The minimum Gasteiger partial charge on any atom is -0.497 e. The molecule has 168 valence electrons. The van der Waals surface area contributed by atoms with E-state index in [0.717, 1.165) is 10.6 Å².